The van der Waals surface area contributed by atoms with Gasteiger partial charge in [-0.15, -0.1) is 0 Å². The number of benzene rings is 2. The van der Waals surface area contributed by atoms with Gasteiger partial charge < -0.3 is 14.9 Å². The van der Waals surface area contributed by atoms with E-state index in [9.17, 15) is 14.4 Å². The van der Waals surface area contributed by atoms with Gasteiger partial charge in [-0.3, -0.25) is 4.79 Å². The molecule has 2 aromatic carbocycles. The van der Waals surface area contributed by atoms with Crippen LogP contribution in [0.5, 0.6) is 5.75 Å². The molecule has 0 saturated heterocycles. The number of aromatic carboxylic acids is 1. The molecule has 6 heteroatoms. The third kappa shape index (κ3) is 4.81. The van der Waals surface area contributed by atoms with Crippen LogP contribution < -0.4 is 4.74 Å². The molecule has 0 heterocycles. The van der Waals surface area contributed by atoms with Crippen molar-refractivity contribution in [3.63, 3.8) is 0 Å². The van der Waals surface area contributed by atoms with Gasteiger partial charge >= 0.3 is 11.9 Å². The molecule has 122 valence electrons. The number of rotatable bonds is 7. The van der Waals surface area contributed by atoms with Gasteiger partial charge in [-0.1, -0.05) is 18.2 Å². The summed E-state index contributed by atoms with van der Waals surface area (Å²) >= 11 is 0. The van der Waals surface area contributed by atoms with E-state index in [1.165, 1.54) is 48.6 Å². The lowest BCUT2D eigenvalue weighted by Gasteiger charge is -2.03. The number of ketones is 1. The van der Waals surface area contributed by atoms with Crippen LogP contribution in [-0.2, 0) is 4.79 Å². The molecule has 0 aliphatic rings. The van der Waals surface area contributed by atoms with E-state index in [1.807, 2.05) is 0 Å². The predicted octanol–water partition coefficient (Wildman–Crippen LogP) is 2.74. The second-order valence-electron chi connectivity index (χ2n) is 4.83. The smallest absolute Gasteiger partial charge is 0.341 e. The van der Waals surface area contributed by atoms with Crippen molar-refractivity contribution in [2.45, 2.75) is 0 Å². The number of hydrogen-bond donors (Lipinski definition) is 2. The molecule has 0 bridgehead atoms. The third-order valence-electron chi connectivity index (χ3n) is 3.06. The fourth-order valence-corrected chi connectivity index (χ4v) is 1.90. The fourth-order valence-electron chi connectivity index (χ4n) is 1.90. The molecular formula is C18H14O6. The lowest BCUT2D eigenvalue weighted by Crippen LogP contribution is -2.09. The van der Waals surface area contributed by atoms with Gasteiger partial charge in [-0.05, 0) is 48.0 Å². The Hall–Kier alpha value is -3.41. The topological polar surface area (TPSA) is 101 Å². The average Bonchev–Trinajstić information content (AvgIpc) is 2.58. The molecule has 0 amide bonds. The highest BCUT2D eigenvalue weighted by atomic mass is 16.5. The molecule has 0 aliphatic carbocycles. The predicted molar refractivity (Wildman–Crippen MR) is 86.3 cm³/mol. The maximum absolute atomic E-state index is 12.1. The van der Waals surface area contributed by atoms with Gasteiger partial charge in [0.1, 0.15) is 5.75 Å². The highest BCUT2D eigenvalue weighted by Gasteiger charge is 2.05. The van der Waals surface area contributed by atoms with Gasteiger partial charge in [0.05, 0.1) is 5.56 Å². The van der Waals surface area contributed by atoms with Gasteiger partial charge in [0, 0.05) is 5.56 Å². The van der Waals surface area contributed by atoms with E-state index in [-0.39, 0.29) is 11.3 Å². The number of aliphatic carboxylic acids is 1. The van der Waals surface area contributed by atoms with Crippen molar-refractivity contribution in [2.75, 3.05) is 6.61 Å². The number of hydrogen-bond acceptors (Lipinski definition) is 4. The minimum atomic E-state index is -1.08. The number of carbonyl (C=O) groups is 3. The summed E-state index contributed by atoms with van der Waals surface area (Å²) in [5, 5.41) is 17.5. The van der Waals surface area contributed by atoms with Crippen molar-refractivity contribution in [1.82, 2.24) is 0 Å². The van der Waals surface area contributed by atoms with Crippen molar-refractivity contribution in [3.05, 3.63) is 71.3 Å². The molecule has 0 saturated carbocycles. The Kier molecular flexibility index (Phi) is 5.46. The van der Waals surface area contributed by atoms with E-state index >= 15 is 0 Å². The summed E-state index contributed by atoms with van der Waals surface area (Å²) in [7, 11) is 0. The molecular weight excluding hydrogens is 312 g/mol. The summed E-state index contributed by atoms with van der Waals surface area (Å²) in [5.74, 6) is -2.03. The van der Waals surface area contributed by atoms with Crippen LogP contribution in [0, 0.1) is 0 Å². The number of carboxylic acids is 2. The van der Waals surface area contributed by atoms with Gasteiger partial charge in [-0.25, -0.2) is 9.59 Å². The SMILES string of the molecule is O=C(O)COc1ccc(C(=O)/C=C/c2cccc(C(=O)O)c2)cc1. The minimum Gasteiger partial charge on any atom is -0.482 e. The van der Waals surface area contributed by atoms with Gasteiger partial charge in [0.25, 0.3) is 0 Å². The van der Waals surface area contributed by atoms with Crippen LogP contribution in [-0.4, -0.2) is 34.5 Å². The van der Waals surface area contributed by atoms with E-state index in [0.29, 0.717) is 16.9 Å². The molecule has 0 spiro atoms. The largest absolute Gasteiger partial charge is 0.482 e. The minimum absolute atomic E-state index is 0.143. The highest BCUT2D eigenvalue weighted by Crippen LogP contribution is 2.14. The lowest BCUT2D eigenvalue weighted by molar-refractivity contribution is -0.139. The average molecular weight is 326 g/mol. The molecule has 6 nitrogen and oxygen atoms in total. The van der Waals surface area contributed by atoms with Crippen molar-refractivity contribution in [3.8, 4) is 5.75 Å². The van der Waals surface area contributed by atoms with E-state index in [2.05, 4.69) is 0 Å². The first-order valence-corrected chi connectivity index (χ1v) is 6.96. The molecule has 0 fully saturated rings. The highest BCUT2D eigenvalue weighted by molar-refractivity contribution is 6.07. The van der Waals surface area contributed by atoms with Gasteiger partial charge in [-0.2, -0.15) is 0 Å². The zero-order chi connectivity index (χ0) is 17.5. The zero-order valence-corrected chi connectivity index (χ0v) is 12.5. The quantitative estimate of drug-likeness (QED) is 0.599. The van der Waals surface area contributed by atoms with Crippen LogP contribution in [0.25, 0.3) is 6.08 Å². The molecule has 24 heavy (non-hydrogen) atoms. The second-order valence-corrected chi connectivity index (χ2v) is 4.83. The summed E-state index contributed by atoms with van der Waals surface area (Å²) in [6.45, 7) is -0.451. The van der Waals surface area contributed by atoms with E-state index < -0.39 is 18.5 Å². The molecule has 2 N–H and O–H groups in total. The summed E-state index contributed by atoms with van der Waals surface area (Å²) in [6, 6.07) is 12.3. The number of allylic oxidation sites excluding steroid dienone is 1. The van der Waals surface area contributed by atoms with Gasteiger partial charge in [0.2, 0.25) is 0 Å². The Balaban J connectivity index is 2.05. The van der Waals surface area contributed by atoms with E-state index in [0.717, 1.165) is 0 Å². The molecule has 2 aromatic rings. The first kappa shape index (κ1) is 17.0. The van der Waals surface area contributed by atoms with Crippen molar-refractivity contribution >= 4 is 23.8 Å². The molecule has 0 atom stereocenters. The Morgan fingerprint density at radius 3 is 2.29 bits per heavy atom. The molecule has 2 rings (SSSR count). The summed E-state index contributed by atoms with van der Waals surface area (Å²) in [6.07, 6.45) is 2.87. The van der Waals surface area contributed by atoms with E-state index in [4.69, 9.17) is 14.9 Å². The Bertz CT molecular complexity index is 789. The first-order chi connectivity index (χ1) is 11.5. The van der Waals surface area contributed by atoms with Crippen LogP contribution in [0.1, 0.15) is 26.3 Å². The molecule has 0 aromatic heterocycles. The lowest BCUT2D eigenvalue weighted by atomic mass is 10.1. The molecule has 0 aliphatic heterocycles. The molecule has 0 unspecified atom stereocenters. The Labute approximate surface area is 137 Å². The third-order valence-corrected chi connectivity index (χ3v) is 3.06. The van der Waals surface area contributed by atoms with E-state index in [1.54, 1.807) is 12.1 Å². The second kappa shape index (κ2) is 7.73. The normalized spacial score (nSPS) is 10.5. The van der Waals surface area contributed by atoms with Crippen LogP contribution in [0.15, 0.2) is 54.6 Å². The van der Waals surface area contributed by atoms with Crippen molar-refractivity contribution in [2.24, 2.45) is 0 Å². The van der Waals surface area contributed by atoms with Crippen molar-refractivity contribution < 1.29 is 29.3 Å². The maximum atomic E-state index is 12.1. The van der Waals surface area contributed by atoms with Crippen LogP contribution in [0.2, 0.25) is 0 Å². The zero-order valence-electron chi connectivity index (χ0n) is 12.5. The molecule has 0 radical (unpaired) electrons. The Morgan fingerprint density at radius 2 is 1.67 bits per heavy atom. The standard InChI is InChI=1S/C18H14O6/c19-16(9-4-12-2-1-3-14(10-12)18(22)23)13-5-7-15(8-6-13)24-11-17(20)21/h1-10H,11H2,(H,20,21)(H,22,23)/b9-4+. The first-order valence-electron chi connectivity index (χ1n) is 6.96. The van der Waals surface area contributed by atoms with Crippen molar-refractivity contribution in [1.29, 1.82) is 0 Å². The number of carboxylic acid groups (broad SMARTS) is 2. The number of carbonyl (C=O) groups excluding carboxylic acids is 1. The maximum Gasteiger partial charge on any atom is 0.341 e. The monoisotopic (exact) mass is 326 g/mol. The summed E-state index contributed by atoms with van der Waals surface area (Å²) in [4.78, 5) is 33.4. The van der Waals surface area contributed by atoms with Crippen LogP contribution >= 0.6 is 0 Å². The summed E-state index contributed by atoms with van der Waals surface area (Å²) in [5.41, 5.74) is 1.15. The van der Waals surface area contributed by atoms with Gasteiger partial charge in [0.15, 0.2) is 12.4 Å². The number of ether oxygens (including phenoxy) is 1. The Morgan fingerprint density at radius 1 is 0.958 bits per heavy atom. The van der Waals surface area contributed by atoms with Crippen LogP contribution in [0.4, 0.5) is 0 Å². The fraction of sp³-hybridized carbons (Fsp3) is 0.0556. The summed E-state index contributed by atoms with van der Waals surface area (Å²) < 4.78 is 4.98. The van der Waals surface area contributed by atoms with Crippen LogP contribution in [0.3, 0.4) is 0 Å².